The zero-order valence-electron chi connectivity index (χ0n) is 25.3. The van der Waals surface area contributed by atoms with Crippen LogP contribution < -0.4 is 15.4 Å². The molecule has 1 saturated carbocycles. The molecule has 3 aliphatic rings. The lowest BCUT2D eigenvalue weighted by molar-refractivity contribution is -0.202. The van der Waals surface area contributed by atoms with E-state index in [9.17, 15) is 34.5 Å². The molecule has 5 N–H and O–H groups in total. The Morgan fingerprint density at radius 1 is 1.02 bits per heavy atom. The lowest BCUT2D eigenvalue weighted by Crippen LogP contribution is -2.68. The number of amides is 2. The van der Waals surface area contributed by atoms with Crippen LogP contribution in [0.4, 0.5) is 0 Å². The molecule has 0 radical (unpaired) electrons. The molecule has 0 saturated heterocycles. The quantitative estimate of drug-likeness (QED) is 0.247. The molecule has 12 heteroatoms. The Morgan fingerprint density at radius 2 is 1.63 bits per heavy atom. The highest BCUT2D eigenvalue weighted by Crippen LogP contribution is 2.66. The number of hydrogen-bond acceptors (Lipinski definition) is 10. The Kier molecular flexibility index (Phi) is 9.41. The normalized spacial score (nSPS) is 28.5. The maximum atomic E-state index is 13.4. The summed E-state index contributed by atoms with van der Waals surface area (Å²) in [4.78, 5) is 49.8. The first-order valence-electron chi connectivity index (χ1n) is 14.8. The van der Waals surface area contributed by atoms with Crippen LogP contribution in [0.25, 0.3) is 0 Å². The van der Waals surface area contributed by atoms with E-state index < -0.39 is 53.1 Å². The summed E-state index contributed by atoms with van der Waals surface area (Å²) >= 11 is 0. The molecule has 2 aliphatic carbocycles. The van der Waals surface area contributed by atoms with Crippen molar-refractivity contribution in [1.29, 1.82) is 0 Å². The van der Waals surface area contributed by atoms with E-state index in [1.54, 1.807) is 12.1 Å². The molecule has 236 valence electrons. The number of ether oxygens (including phenoxy) is 3. The molecule has 7 atom stereocenters. The first-order chi connectivity index (χ1) is 20.2. The van der Waals surface area contributed by atoms with E-state index in [1.807, 2.05) is 13.8 Å². The number of phenols is 1. The van der Waals surface area contributed by atoms with E-state index in [-0.39, 0.29) is 61.4 Å². The summed E-state index contributed by atoms with van der Waals surface area (Å²) in [6, 6.07) is 3.32. The molecule has 4 rings (SSSR count). The number of benzene rings is 1. The van der Waals surface area contributed by atoms with E-state index >= 15 is 0 Å². The van der Waals surface area contributed by atoms with Crippen molar-refractivity contribution in [3.63, 3.8) is 0 Å². The zero-order chi connectivity index (χ0) is 31.7. The van der Waals surface area contributed by atoms with Crippen LogP contribution in [0.15, 0.2) is 24.0 Å². The summed E-state index contributed by atoms with van der Waals surface area (Å²) in [5.41, 5.74) is -0.598. The molecule has 12 nitrogen and oxygen atoms in total. The lowest BCUT2D eigenvalue weighted by Gasteiger charge is -2.59. The largest absolute Gasteiger partial charge is 0.504 e. The molecule has 1 heterocycles. The number of hydrogen-bond donors (Lipinski definition) is 5. The topological polar surface area (TPSA) is 181 Å². The van der Waals surface area contributed by atoms with E-state index in [4.69, 9.17) is 14.2 Å². The summed E-state index contributed by atoms with van der Waals surface area (Å²) < 4.78 is 18.7. The van der Waals surface area contributed by atoms with Crippen molar-refractivity contribution in [3.8, 4) is 11.5 Å². The number of esters is 2. The lowest BCUT2D eigenvalue weighted by atomic mass is 9.48. The number of phenolic OH excluding ortho intramolecular Hbond substituents is 1. The first-order valence-corrected chi connectivity index (χ1v) is 14.8. The van der Waals surface area contributed by atoms with Crippen LogP contribution in [0, 0.1) is 18.8 Å². The Hall–Kier alpha value is -3.64. The van der Waals surface area contributed by atoms with Gasteiger partial charge in [0.25, 0.3) is 0 Å². The number of rotatable bonds is 10. The van der Waals surface area contributed by atoms with E-state index in [0.717, 1.165) is 12.0 Å². The minimum atomic E-state index is -1.21. The van der Waals surface area contributed by atoms with Crippen LogP contribution in [-0.2, 0) is 34.1 Å². The Labute approximate surface area is 250 Å². The highest BCUT2D eigenvalue weighted by atomic mass is 16.6. The van der Waals surface area contributed by atoms with Crippen molar-refractivity contribution in [2.45, 2.75) is 96.1 Å². The molecular weight excluding hydrogens is 560 g/mol. The van der Waals surface area contributed by atoms with Crippen molar-refractivity contribution in [2.24, 2.45) is 11.8 Å². The molecule has 1 aromatic carbocycles. The highest BCUT2D eigenvalue weighted by Gasteiger charge is 2.71. The first kappa shape index (κ1) is 32.3. The van der Waals surface area contributed by atoms with Crippen LogP contribution in [-0.4, -0.2) is 76.1 Å². The van der Waals surface area contributed by atoms with Crippen molar-refractivity contribution in [1.82, 2.24) is 10.6 Å². The van der Waals surface area contributed by atoms with Gasteiger partial charge in [-0.15, -0.1) is 0 Å². The van der Waals surface area contributed by atoms with Gasteiger partial charge in [-0.1, -0.05) is 19.9 Å². The molecule has 2 amide bonds. The molecule has 1 aromatic rings. The highest BCUT2D eigenvalue weighted by molar-refractivity contribution is 5.81. The van der Waals surface area contributed by atoms with Crippen LogP contribution in [0.5, 0.6) is 11.5 Å². The van der Waals surface area contributed by atoms with Gasteiger partial charge in [-0.2, -0.15) is 0 Å². The Bertz CT molecular complexity index is 1310. The smallest absolute Gasteiger partial charge is 0.312 e. The second-order valence-corrected chi connectivity index (χ2v) is 12.0. The minimum absolute atomic E-state index is 0.0176. The summed E-state index contributed by atoms with van der Waals surface area (Å²) in [6.45, 7) is 8.62. The second kappa shape index (κ2) is 12.5. The van der Waals surface area contributed by atoms with Gasteiger partial charge in [0.05, 0.1) is 18.3 Å². The third kappa shape index (κ3) is 5.82. The molecule has 1 spiro atoms. The van der Waals surface area contributed by atoms with Crippen molar-refractivity contribution in [3.05, 3.63) is 35.1 Å². The van der Waals surface area contributed by atoms with E-state index in [2.05, 4.69) is 17.6 Å². The SMILES string of the molecule is Cc1ccc(O)c2c1C13CCC(C)[C@H](C)[C@]1(OC(=O)CCNC(=O)[C@H](C)O)CC=C(OC(=O)CCNC(=O)[C@H](C)O)C3O2. The fraction of sp³-hybridized carbons (Fsp3) is 0.613. The average molecular weight is 603 g/mol. The second-order valence-electron chi connectivity index (χ2n) is 12.0. The Morgan fingerprint density at radius 3 is 2.23 bits per heavy atom. The summed E-state index contributed by atoms with van der Waals surface area (Å²) in [6.07, 6.45) is -0.407. The molecule has 1 aliphatic heterocycles. The van der Waals surface area contributed by atoms with Crippen molar-refractivity contribution < 1.29 is 48.7 Å². The number of aryl methyl sites for hydroxylation is 1. The fourth-order valence-electron chi connectivity index (χ4n) is 6.82. The summed E-state index contributed by atoms with van der Waals surface area (Å²) in [7, 11) is 0. The van der Waals surface area contributed by atoms with Crippen LogP contribution in [0.1, 0.15) is 70.9 Å². The molecule has 3 unspecified atom stereocenters. The van der Waals surface area contributed by atoms with Crippen LogP contribution in [0.2, 0.25) is 0 Å². The molecule has 1 fully saturated rings. The van der Waals surface area contributed by atoms with Gasteiger partial charge < -0.3 is 40.2 Å². The predicted molar refractivity (Wildman–Crippen MR) is 153 cm³/mol. The Balaban J connectivity index is 1.70. The van der Waals surface area contributed by atoms with Gasteiger partial charge in [0.1, 0.15) is 23.6 Å². The number of aromatic hydroxyl groups is 1. The van der Waals surface area contributed by atoms with Gasteiger partial charge in [0.2, 0.25) is 11.8 Å². The van der Waals surface area contributed by atoms with Gasteiger partial charge in [0, 0.05) is 25.1 Å². The fourth-order valence-corrected chi connectivity index (χ4v) is 6.82. The number of aliphatic hydroxyl groups excluding tert-OH is 2. The molecule has 43 heavy (non-hydrogen) atoms. The van der Waals surface area contributed by atoms with Crippen molar-refractivity contribution >= 4 is 23.8 Å². The third-order valence-corrected chi connectivity index (χ3v) is 9.22. The maximum Gasteiger partial charge on any atom is 0.312 e. The average Bonchev–Trinajstić information content (AvgIpc) is 3.32. The number of nitrogens with one attached hydrogen (secondary N) is 2. The maximum absolute atomic E-state index is 13.4. The number of carbonyl (C=O) groups excluding carboxylic acids is 4. The van der Waals surface area contributed by atoms with E-state index in [1.165, 1.54) is 19.9 Å². The zero-order valence-corrected chi connectivity index (χ0v) is 25.3. The van der Waals surface area contributed by atoms with Crippen LogP contribution >= 0.6 is 0 Å². The number of fused-ring (bicyclic) bond motifs is 1. The third-order valence-electron chi connectivity index (χ3n) is 9.22. The molecule has 0 bridgehead atoms. The van der Waals surface area contributed by atoms with Crippen molar-refractivity contribution in [2.75, 3.05) is 13.1 Å². The van der Waals surface area contributed by atoms with Crippen LogP contribution in [0.3, 0.4) is 0 Å². The molecule has 0 aromatic heterocycles. The van der Waals surface area contributed by atoms with Gasteiger partial charge in [0.15, 0.2) is 17.6 Å². The van der Waals surface area contributed by atoms with E-state index in [0.29, 0.717) is 12.0 Å². The monoisotopic (exact) mass is 602 g/mol. The van der Waals surface area contributed by atoms with Gasteiger partial charge in [-0.05, 0) is 63.2 Å². The summed E-state index contributed by atoms with van der Waals surface area (Å²) in [5, 5.41) is 34.7. The standard InChI is InChI=1S/C31H42N2O10/c1-16-8-12-30-25-17(2)6-7-21(36)26(25)42-27(30)22(41-23(37)10-14-32-28(39)19(4)34)9-13-31(30,18(16)3)43-24(38)11-15-33-29(40)20(5)35/h6-7,9,16,18-20,27,34-36H,8,10-15H2,1-5H3,(H,32,39)(H,33,40)/t16?,18-,19-,20-,27?,30?,31+/m0/s1. The van der Waals surface area contributed by atoms with Gasteiger partial charge >= 0.3 is 11.9 Å². The van der Waals surface area contributed by atoms with Gasteiger partial charge in [-0.3, -0.25) is 19.2 Å². The number of aliphatic hydroxyl groups is 2. The van der Waals surface area contributed by atoms with Gasteiger partial charge in [-0.25, -0.2) is 0 Å². The molecular formula is C31H42N2O10. The predicted octanol–water partition coefficient (Wildman–Crippen LogP) is 1.65. The number of carbonyl (C=O) groups is 4. The summed E-state index contributed by atoms with van der Waals surface area (Å²) in [5.74, 6) is -1.96. The minimum Gasteiger partial charge on any atom is -0.504 e.